The van der Waals surface area contributed by atoms with Crippen LogP contribution < -0.4 is 29.4 Å². The number of benzene rings is 2. The number of aryl methyl sites for hydroxylation is 2. The van der Waals surface area contributed by atoms with Gasteiger partial charge in [-0.3, -0.25) is 0 Å². The number of rotatable bonds is 11. The summed E-state index contributed by atoms with van der Waals surface area (Å²) < 4.78 is 47.1. The van der Waals surface area contributed by atoms with E-state index in [-0.39, 0.29) is 0 Å². The second-order valence-electron chi connectivity index (χ2n) is 9.41. The minimum atomic E-state index is -3.72. The molecule has 4 aromatic rings. The maximum atomic E-state index is 9.47. The number of aromatic nitrogens is 2. The Balaban J connectivity index is 0.000000522. The maximum absolute atomic E-state index is 9.47. The Kier molecular flexibility index (Phi) is 15.4. The van der Waals surface area contributed by atoms with E-state index in [4.69, 9.17) is 10.5 Å². The van der Waals surface area contributed by atoms with Crippen molar-refractivity contribution in [1.29, 1.82) is 0 Å². The molecule has 0 saturated carbocycles. The van der Waals surface area contributed by atoms with Gasteiger partial charge in [0.2, 0.25) is 0 Å². The second-order valence-corrected chi connectivity index (χ2v) is 14.2. The first-order chi connectivity index (χ1) is 21.6. The average molecular weight is 715 g/mol. The summed E-state index contributed by atoms with van der Waals surface area (Å²) in [5.74, 6) is 0. The summed E-state index contributed by atoms with van der Waals surface area (Å²) in [6.45, 7) is 1.78. The molecule has 0 aliphatic heterocycles. The van der Waals surface area contributed by atoms with Gasteiger partial charge in [-0.2, -0.15) is 0 Å². The largest absolute Gasteiger partial charge is 0.707 e. The lowest BCUT2D eigenvalue weighted by atomic mass is 10.2. The van der Waals surface area contributed by atoms with Crippen LogP contribution >= 0.6 is 22.7 Å². The van der Waals surface area contributed by atoms with Crippen LogP contribution in [0.3, 0.4) is 0 Å². The molecule has 0 atom stereocenters. The highest BCUT2D eigenvalue weighted by Crippen LogP contribution is 2.24. The minimum Gasteiger partial charge on any atom is -0.707 e. The average Bonchev–Trinajstić information content (AvgIpc) is 3.64. The number of likely N-dealkylation sites (N-methyl/N-ethyl adjacent to an activating group) is 2. The molecule has 16 nitrogen and oxygen atoms in total. The lowest BCUT2D eigenvalue weighted by molar-refractivity contribution is -0.654. The van der Waals surface area contributed by atoms with Gasteiger partial charge in [-0.25, -0.2) is 26.0 Å². The van der Waals surface area contributed by atoms with Crippen molar-refractivity contribution >= 4 is 75.9 Å². The highest BCUT2D eigenvalue weighted by Gasteiger charge is 2.10. The van der Waals surface area contributed by atoms with E-state index in [0.29, 0.717) is 12.5 Å². The van der Waals surface area contributed by atoms with E-state index < -0.39 is 20.2 Å². The number of thiazole rings is 2. The zero-order valence-corrected chi connectivity index (χ0v) is 29.1. The monoisotopic (exact) mass is 714 g/mol. The molecule has 0 saturated heterocycles. The third-order valence-corrected chi connectivity index (χ3v) is 7.79. The fraction of sp³-hybridized carbons (Fsp3) is 0.308. The summed E-state index contributed by atoms with van der Waals surface area (Å²) in [6, 6.07) is 16.3. The summed E-state index contributed by atoms with van der Waals surface area (Å²) in [7, 11) is 0.696. The second kappa shape index (κ2) is 18.4. The van der Waals surface area contributed by atoms with Crippen LogP contribution in [0.25, 0.3) is 0 Å². The summed E-state index contributed by atoms with van der Waals surface area (Å²) >= 11 is 3.13. The van der Waals surface area contributed by atoms with E-state index in [1.807, 2.05) is 70.6 Å². The summed E-state index contributed by atoms with van der Waals surface area (Å²) in [6.07, 6.45) is 5.31. The van der Waals surface area contributed by atoms with Gasteiger partial charge >= 0.3 is 10.3 Å². The molecule has 0 bridgehead atoms. The van der Waals surface area contributed by atoms with E-state index in [9.17, 15) is 16.8 Å². The first-order valence-corrected chi connectivity index (χ1v) is 18.4. The Hall–Kier alpha value is -3.76. The van der Waals surface area contributed by atoms with Crippen LogP contribution in [0.2, 0.25) is 0 Å². The SMILES string of the molecule is CN(CCN(C)c1ccc(N=Nc2scc[n+]2C)cc1)c1ccc(N=Nc2scc[n+]2C)cc1.CS(=O)(=O)O[O-].CS(=O)(=O)O[O-]. The highest BCUT2D eigenvalue weighted by molar-refractivity contribution is 7.86. The number of nitrogens with zero attached hydrogens (tertiary/aromatic N) is 8. The van der Waals surface area contributed by atoms with Gasteiger partial charge < -0.3 is 29.0 Å². The van der Waals surface area contributed by atoms with Gasteiger partial charge in [0, 0.05) is 49.3 Å². The molecule has 0 spiro atoms. The van der Waals surface area contributed by atoms with Crippen molar-refractivity contribution < 1.29 is 45.2 Å². The van der Waals surface area contributed by atoms with Crippen molar-refractivity contribution in [2.24, 2.45) is 34.6 Å². The standard InChI is InChI=1S/C24H28N8S2.2CH4O4S/c1-29(21-9-5-19(6-10-21)25-27-23-31(3)15-17-33-23)13-14-30(2)22-11-7-20(8-12-22)26-28-24-32(4)16-18-34-24;2*1-6(3,4)5-2/h5-12,15-18H,13-14H2,1-4H3;2*2H,1H3/q+2;;/p-2. The molecular weight excluding hydrogens is 681 g/mol. The molecule has 0 radical (unpaired) electrons. The number of anilines is 2. The van der Waals surface area contributed by atoms with Gasteiger partial charge in [0.25, 0.3) is 20.2 Å². The maximum Gasteiger partial charge on any atom is 0.408 e. The van der Waals surface area contributed by atoms with E-state index in [1.165, 1.54) is 0 Å². The fourth-order valence-corrected chi connectivity index (χ4v) is 4.51. The van der Waals surface area contributed by atoms with Gasteiger partial charge in [0.15, 0.2) is 0 Å². The van der Waals surface area contributed by atoms with Crippen LogP contribution in [0.15, 0.2) is 92.1 Å². The summed E-state index contributed by atoms with van der Waals surface area (Å²) in [5, 5.41) is 40.8. The minimum absolute atomic E-state index is 0.681. The fourth-order valence-electron chi connectivity index (χ4n) is 3.15. The third kappa shape index (κ3) is 14.6. The van der Waals surface area contributed by atoms with Gasteiger partial charge in [-0.05, 0) is 81.4 Å². The highest BCUT2D eigenvalue weighted by atomic mass is 32.2. The molecule has 250 valence electrons. The first kappa shape index (κ1) is 38.4. The number of hydrogen-bond donors (Lipinski definition) is 0. The molecule has 20 heteroatoms. The van der Waals surface area contributed by atoms with Crippen LogP contribution in [0.4, 0.5) is 33.0 Å². The smallest absolute Gasteiger partial charge is 0.408 e. The van der Waals surface area contributed by atoms with E-state index in [2.05, 4.69) is 77.3 Å². The normalized spacial score (nSPS) is 11.6. The van der Waals surface area contributed by atoms with Gasteiger partial charge in [0.05, 0.1) is 36.8 Å². The van der Waals surface area contributed by atoms with Crippen molar-refractivity contribution in [2.75, 3.05) is 49.5 Å². The van der Waals surface area contributed by atoms with Crippen LogP contribution in [-0.2, 0) is 43.0 Å². The Morgan fingerprint density at radius 3 is 1.20 bits per heavy atom. The van der Waals surface area contributed by atoms with Crippen LogP contribution in [0, 0.1) is 0 Å². The van der Waals surface area contributed by atoms with Crippen LogP contribution in [-0.4, -0.2) is 56.5 Å². The molecule has 0 amide bonds. The quantitative estimate of drug-likeness (QED) is 0.0963. The van der Waals surface area contributed by atoms with E-state index >= 15 is 0 Å². The lowest BCUT2D eigenvalue weighted by Gasteiger charge is -2.25. The summed E-state index contributed by atoms with van der Waals surface area (Å²) in [5.41, 5.74) is 3.97. The molecule has 0 aliphatic rings. The zero-order valence-electron chi connectivity index (χ0n) is 25.8. The van der Waals surface area contributed by atoms with E-state index in [0.717, 1.165) is 46.1 Å². The van der Waals surface area contributed by atoms with Crippen molar-refractivity contribution in [2.45, 2.75) is 0 Å². The molecule has 2 heterocycles. The molecule has 4 rings (SSSR count). The predicted octanol–water partition coefficient (Wildman–Crippen LogP) is 2.34. The van der Waals surface area contributed by atoms with Gasteiger partial charge in [-0.15, -0.1) is 0 Å². The molecular formula is C26H34N8O8S4. The Labute approximate surface area is 275 Å². The molecule has 2 aromatic carbocycles. The molecule has 0 N–H and O–H groups in total. The zero-order chi connectivity index (χ0) is 34.3. The number of azo groups is 2. The molecule has 0 fully saturated rings. The van der Waals surface area contributed by atoms with Crippen molar-refractivity contribution in [1.82, 2.24) is 0 Å². The molecule has 0 unspecified atom stereocenters. The predicted molar refractivity (Wildman–Crippen MR) is 171 cm³/mol. The molecule has 2 aromatic heterocycles. The lowest BCUT2D eigenvalue weighted by Crippen LogP contribution is -2.30. The van der Waals surface area contributed by atoms with Crippen molar-refractivity contribution in [3.05, 3.63) is 71.7 Å². The van der Waals surface area contributed by atoms with Gasteiger partial charge in [-0.1, -0.05) is 0 Å². The van der Waals surface area contributed by atoms with Crippen LogP contribution in [0.5, 0.6) is 0 Å². The first-order valence-electron chi connectivity index (χ1n) is 13.0. The van der Waals surface area contributed by atoms with Crippen LogP contribution in [0.1, 0.15) is 0 Å². The van der Waals surface area contributed by atoms with Crippen molar-refractivity contribution in [3.63, 3.8) is 0 Å². The Morgan fingerprint density at radius 1 is 0.652 bits per heavy atom. The molecule has 0 aliphatic carbocycles. The van der Waals surface area contributed by atoms with Crippen molar-refractivity contribution in [3.8, 4) is 0 Å². The Morgan fingerprint density at radius 2 is 0.957 bits per heavy atom. The molecule has 46 heavy (non-hydrogen) atoms. The summed E-state index contributed by atoms with van der Waals surface area (Å²) in [4.78, 5) is 4.47. The van der Waals surface area contributed by atoms with E-state index in [1.54, 1.807) is 22.7 Å². The van der Waals surface area contributed by atoms with Gasteiger partial charge in [0.1, 0.15) is 23.8 Å². The Bertz CT molecular complexity index is 1640. The number of hydrogen-bond acceptors (Lipinski definition) is 16. The topological polar surface area (TPSA) is 197 Å². The third-order valence-electron chi connectivity index (χ3n) is 5.62.